The van der Waals surface area contributed by atoms with E-state index in [1.165, 1.54) is 0 Å². The predicted octanol–water partition coefficient (Wildman–Crippen LogP) is 5.11. The zero-order valence-corrected chi connectivity index (χ0v) is 27.7. The molecular weight excluding hydrogens is 622 g/mol. The summed E-state index contributed by atoms with van der Waals surface area (Å²) in [5.41, 5.74) is 9.67. The Labute approximate surface area is 285 Å². The average Bonchev–Trinajstić information content (AvgIpc) is 3.14. The van der Waals surface area contributed by atoms with Crippen molar-refractivity contribution in [3.05, 3.63) is 125 Å². The number of nitrogens with two attached hydrogens (primary N) is 1. The highest BCUT2D eigenvalue weighted by atomic mass is 16.4. The molecule has 0 radical (unpaired) electrons. The molecule has 0 aliphatic carbocycles. The van der Waals surface area contributed by atoms with E-state index in [9.17, 15) is 24.0 Å². The maximum atomic E-state index is 13.7. The zero-order valence-electron chi connectivity index (χ0n) is 27.7. The van der Waals surface area contributed by atoms with E-state index in [-0.39, 0.29) is 29.8 Å². The van der Waals surface area contributed by atoms with Crippen molar-refractivity contribution in [3.8, 4) is 0 Å². The third-order valence-electron chi connectivity index (χ3n) is 7.74. The fraction of sp³-hybridized carbons (Fsp3) is 0.237. The van der Waals surface area contributed by atoms with Crippen LogP contribution in [0.4, 0.5) is 17.1 Å². The molecule has 0 bridgehead atoms. The smallest absolute Gasteiger partial charge is 0.322 e. The van der Waals surface area contributed by atoms with Gasteiger partial charge in [-0.3, -0.25) is 24.0 Å². The Morgan fingerprint density at radius 2 is 1.04 bits per heavy atom. The molecule has 0 aliphatic rings. The highest BCUT2D eigenvalue weighted by molar-refractivity contribution is 6.08. The van der Waals surface area contributed by atoms with Gasteiger partial charge < -0.3 is 30.9 Å². The van der Waals surface area contributed by atoms with Gasteiger partial charge >= 0.3 is 5.97 Å². The van der Waals surface area contributed by atoms with Crippen molar-refractivity contribution in [2.24, 2.45) is 5.73 Å². The predicted molar refractivity (Wildman–Crippen MR) is 190 cm³/mol. The van der Waals surface area contributed by atoms with E-state index in [2.05, 4.69) is 5.32 Å². The first-order valence-electron chi connectivity index (χ1n) is 16.1. The van der Waals surface area contributed by atoms with Crippen molar-refractivity contribution >= 4 is 46.7 Å². The second-order valence-corrected chi connectivity index (χ2v) is 11.3. The molecule has 0 heterocycles. The highest BCUT2D eigenvalue weighted by Gasteiger charge is 2.22. The van der Waals surface area contributed by atoms with E-state index in [1.807, 2.05) is 44.2 Å². The lowest BCUT2D eigenvalue weighted by Gasteiger charge is -2.25. The number of hydrogen-bond acceptors (Lipinski definition) is 6. The molecule has 0 aromatic heterocycles. The minimum atomic E-state index is -1.14. The third kappa shape index (κ3) is 9.39. The molecule has 4 aromatic carbocycles. The number of carbonyl (C=O) groups is 5. The Balaban J connectivity index is 1.50. The van der Waals surface area contributed by atoms with E-state index in [0.717, 1.165) is 5.56 Å². The van der Waals surface area contributed by atoms with Gasteiger partial charge in [0.1, 0.15) is 6.54 Å². The van der Waals surface area contributed by atoms with E-state index in [4.69, 9.17) is 10.8 Å². The van der Waals surface area contributed by atoms with Gasteiger partial charge in [0.2, 0.25) is 5.91 Å². The van der Waals surface area contributed by atoms with Crippen LogP contribution in [-0.4, -0.2) is 60.9 Å². The van der Waals surface area contributed by atoms with Gasteiger partial charge in [-0.05, 0) is 91.2 Å². The molecule has 0 spiro atoms. The van der Waals surface area contributed by atoms with Crippen LogP contribution >= 0.6 is 0 Å². The van der Waals surface area contributed by atoms with Crippen LogP contribution in [0.25, 0.3) is 0 Å². The van der Waals surface area contributed by atoms with Crippen LogP contribution in [0.3, 0.4) is 0 Å². The number of carboxylic acids is 1. The molecule has 0 saturated heterocycles. The van der Waals surface area contributed by atoms with Crippen LogP contribution < -0.4 is 25.8 Å². The van der Waals surface area contributed by atoms with Gasteiger partial charge in [-0.1, -0.05) is 44.2 Å². The SMILES string of the molecule is CCCN(C(=O)c1ccc(N(CCC)C(=O)c2ccc(N(Cc3ccccc3)C(=O)CN)cc2)cc1)c1ccc(C(=O)NCC(=O)O)cc1. The van der Waals surface area contributed by atoms with Crippen LogP contribution in [0.5, 0.6) is 0 Å². The quantitative estimate of drug-likeness (QED) is 0.160. The van der Waals surface area contributed by atoms with Crippen molar-refractivity contribution in [2.75, 3.05) is 40.9 Å². The van der Waals surface area contributed by atoms with Gasteiger partial charge in [-0.2, -0.15) is 0 Å². The molecule has 0 unspecified atom stereocenters. The van der Waals surface area contributed by atoms with Crippen LogP contribution in [0.2, 0.25) is 0 Å². The molecule has 4 aromatic rings. The number of anilines is 3. The largest absolute Gasteiger partial charge is 0.480 e. The van der Waals surface area contributed by atoms with Crippen molar-refractivity contribution in [3.63, 3.8) is 0 Å². The summed E-state index contributed by atoms with van der Waals surface area (Å²) in [7, 11) is 0. The van der Waals surface area contributed by atoms with Gasteiger partial charge in [0.15, 0.2) is 0 Å². The van der Waals surface area contributed by atoms with Gasteiger partial charge in [0.25, 0.3) is 17.7 Å². The fourth-order valence-electron chi connectivity index (χ4n) is 5.27. The summed E-state index contributed by atoms with van der Waals surface area (Å²) in [6, 6.07) is 29.7. The van der Waals surface area contributed by atoms with Gasteiger partial charge in [-0.15, -0.1) is 0 Å². The molecule has 0 aliphatic heterocycles. The molecule has 254 valence electrons. The standard InChI is InChI=1S/C38H41N5O6/c1-3-22-41(31-16-10-28(11-17-31)36(47)40-25-35(45)46)37(48)29-12-18-32(19-13-29)42(23-4-2)38(49)30-14-20-33(21-15-30)43(34(44)24-39)26-27-8-6-5-7-9-27/h5-21H,3-4,22-26,39H2,1-2H3,(H,40,47)(H,45,46). The maximum absolute atomic E-state index is 13.7. The molecule has 11 nitrogen and oxygen atoms in total. The number of benzene rings is 4. The molecule has 0 fully saturated rings. The van der Waals surface area contributed by atoms with Crippen LogP contribution in [-0.2, 0) is 16.1 Å². The Bertz CT molecular complexity index is 1740. The average molecular weight is 664 g/mol. The van der Waals surface area contributed by atoms with E-state index in [0.29, 0.717) is 60.7 Å². The summed E-state index contributed by atoms with van der Waals surface area (Å²) in [6.07, 6.45) is 1.39. The lowest BCUT2D eigenvalue weighted by atomic mass is 10.1. The Kier molecular flexibility index (Phi) is 12.8. The van der Waals surface area contributed by atoms with Crippen LogP contribution in [0.1, 0.15) is 63.3 Å². The summed E-state index contributed by atoms with van der Waals surface area (Å²) in [5, 5.41) is 11.1. The number of nitrogens with zero attached hydrogens (tertiary/aromatic N) is 3. The van der Waals surface area contributed by atoms with Crippen molar-refractivity contribution in [1.29, 1.82) is 0 Å². The molecule has 11 heteroatoms. The molecule has 49 heavy (non-hydrogen) atoms. The monoisotopic (exact) mass is 663 g/mol. The van der Waals surface area contributed by atoms with E-state index < -0.39 is 18.4 Å². The Morgan fingerprint density at radius 1 is 0.612 bits per heavy atom. The zero-order chi connectivity index (χ0) is 35.3. The van der Waals surface area contributed by atoms with Crippen molar-refractivity contribution < 1.29 is 29.1 Å². The van der Waals surface area contributed by atoms with Crippen molar-refractivity contribution in [1.82, 2.24) is 5.32 Å². The van der Waals surface area contributed by atoms with Gasteiger partial charge in [0.05, 0.1) is 13.1 Å². The molecular formula is C38H41N5O6. The lowest BCUT2D eigenvalue weighted by molar-refractivity contribution is -0.135. The molecule has 4 amide bonds. The Hall–Kier alpha value is -5.81. The van der Waals surface area contributed by atoms with Crippen LogP contribution in [0, 0.1) is 0 Å². The summed E-state index contributed by atoms with van der Waals surface area (Å²) < 4.78 is 0. The van der Waals surface area contributed by atoms with Gasteiger partial charge in [-0.25, -0.2) is 0 Å². The minimum absolute atomic E-state index is 0.145. The first kappa shape index (κ1) is 36.0. The second-order valence-electron chi connectivity index (χ2n) is 11.3. The number of aliphatic carboxylic acids is 1. The second kappa shape index (κ2) is 17.4. The normalized spacial score (nSPS) is 10.6. The fourth-order valence-corrected chi connectivity index (χ4v) is 5.27. The maximum Gasteiger partial charge on any atom is 0.322 e. The number of carbonyl (C=O) groups excluding carboxylic acids is 4. The molecule has 0 saturated carbocycles. The summed E-state index contributed by atoms with van der Waals surface area (Å²) in [4.78, 5) is 67.9. The first-order chi connectivity index (χ1) is 23.7. The summed E-state index contributed by atoms with van der Waals surface area (Å²) in [6.45, 7) is 4.53. The number of rotatable bonds is 15. The topological polar surface area (TPSA) is 153 Å². The van der Waals surface area contributed by atoms with Crippen LogP contribution in [0.15, 0.2) is 103 Å². The van der Waals surface area contributed by atoms with E-state index >= 15 is 0 Å². The number of hydrogen-bond donors (Lipinski definition) is 3. The molecule has 4 rings (SSSR count). The number of nitrogens with one attached hydrogen (secondary N) is 1. The highest BCUT2D eigenvalue weighted by Crippen LogP contribution is 2.24. The number of amides is 4. The summed E-state index contributed by atoms with van der Waals surface area (Å²) >= 11 is 0. The molecule has 0 atom stereocenters. The first-order valence-corrected chi connectivity index (χ1v) is 16.1. The Morgan fingerprint density at radius 3 is 1.45 bits per heavy atom. The number of carboxylic acid groups (broad SMARTS) is 1. The lowest BCUT2D eigenvalue weighted by Crippen LogP contribution is -2.35. The van der Waals surface area contributed by atoms with Gasteiger partial charge in [0, 0.05) is 46.8 Å². The third-order valence-corrected chi connectivity index (χ3v) is 7.74. The van der Waals surface area contributed by atoms with Crippen molar-refractivity contribution in [2.45, 2.75) is 33.2 Å². The summed E-state index contributed by atoms with van der Waals surface area (Å²) in [5.74, 6) is -2.36. The molecule has 4 N–H and O–H groups in total. The minimum Gasteiger partial charge on any atom is -0.480 e. The van der Waals surface area contributed by atoms with E-state index in [1.54, 1.807) is 87.5 Å².